The summed E-state index contributed by atoms with van der Waals surface area (Å²) in [6.07, 6.45) is -4.50. The number of carbonyl (C=O) groups excluding carboxylic acids is 1. The monoisotopic (exact) mass is 468 g/mol. The van der Waals surface area contributed by atoms with E-state index in [2.05, 4.69) is 15.4 Å². The fraction of sp³-hybridized carbons (Fsp3) is 0.286. The molecule has 1 amide bonds. The molecule has 1 N–H and O–H groups in total. The van der Waals surface area contributed by atoms with Gasteiger partial charge >= 0.3 is 12.2 Å². The summed E-state index contributed by atoms with van der Waals surface area (Å²) in [6, 6.07) is 11.3. The fourth-order valence-corrected chi connectivity index (χ4v) is 2.75. The third-order valence-corrected chi connectivity index (χ3v) is 4.49. The maximum absolute atomic E-state index is 13.2. The SMILES string of the molecule is COCCOc1nc(-c2cccc(C(F)(F)F)c2)n(-c2ccc(NC(=O)C(C)Cl)cc2)n1. The van der Waals surface area contributed by atoms with Gasteiger partial charge in [0.05, 0.1) is 17.9 Å². The van der Waals surface area contributed by atoms with Crippen molar-refractivity contribution in [1.82, 2.24) is 14.8 Å². The highest BCUT2D eigenvalue weighted by Gasteiger charge is 2.31. The van der Waals surface area contributed by atoms with Crippen molar-refractivity contribution in [2.45, 2.75) is 18.5 Å². The average Bonchev–Trinajstić information content (AvgIpc) is 3.18. The van der Waals surface area contributed by atoms with Gasteiger partial charge in [0.1, 0.15) is 12.0 Å². The smallest absolute Gasteiger partial charge is 0.416 e. The lowest BCUT2D eigenvalue weighted by Crippen LogP contribution is -2.20. The molecule has 1 heterocycles. The maximum atomic E-state index is 13.2. The van der Waals surface area contributed by atoms with E-state index in [1.807, 2.05) is 0 Å². The molecule has 3 rings (SSSR count). The standard InChI is InChI=1S/C21H20ClF3N4O3/c1-13(22)19(30)26-16-6-8-17(9-7-16)29-18(27-20(28-29)32-11-10-31-2)14-4-3-5-15(12-14)21(23,24)25/h3-9,12-13H,10-11H2,1-2H3,(H,26,30). The van der Waals surface area contributed by atoms with Crippen LogP contribution in [0, 0.1) is 0 Å². The molecule has 7 nitrogen and oxygen atoms in total. The van der Waals surface area contributed by atoms with Crippen molar-refractivity contribution in [3.63, 3.8) is 0 Å². The van der Waals surface area contributed by atoms with E-state index in [9.17, 15) is 18.0 Å². The number of hydrogen-bond donors (Lipinski definition) is 1. The number of amides is 1. The number of alkyl halides is 4. The van der Waals surface area contributed by atoms with Crippen LogP contribution in [0.5, 0.6) is 6.01 Å². The van der Waals surface area contributed by atoms with E-state index < -0.39 is 17.1 Å². The molecule has 1 aromatic heterocycles. The quantitative estimate of drug-likeness (QED) is 0.388. The van der Waals surface area contributed by atoms with Crippen molar-refractivity contribution in [2.24, 2.45) is 0 Å². The van der Waals surface area contributed by atoms with Crippen LogP contribution in [-0.2, 0) is 15.7 Å². The zero-order valence-electron chi connectivity index (χ0n) is 17.2. The van der Waals surface area contributed by atoms with Crippen molar-refractivity contribution in [3.05, 3.63) is 54.1 Å². The number of aromatic nitrogens is 3. The molecule has 11 heteroatoms. The Balaban J connectivity index is 1.98. The minimum absolute atomic E-state index is 0.0113. The molecular weight excluding hydrogens is 449 g/mol. The lowest BCUT2D eigenvalue weighted by atomic mass is 10.1. The van der Waals surface area contributed by atoms with Gasteiger partial charge in [-0.3, -0.25) is 4.79 Å². The number of anilines is 1. The summed E-state index contributed by atoms with van der Waals surface area (Å²) in [6.45, 7) is 2.01. The minimum Gasteiger partial charge on any atom is -0.460 e. The van der Waals surface area contributed by atoms with Crippen LogP contribution in [0.2, 0.25) is 0 Å². The Labute approximate surface area is 187 Å². The molecule has 0 fully saturated rings. The minimum atomic E-state index is -4.50. The maximum Gasteiger partial charge on any atom is 0.416 e. The first-order chi connectivity index (χ1) is 15.2. The van der Waals surface area contributed by atoms with Crippen molar-refractivity contribution in [1.29, 1.82) is 0 Å². The molecule has 0 saturated heterocycles. The second-order valence-corrected chi connectivity index (χ2v) is 7.36. The van der Waals surface area contributed by atoms with Crippen LogP contribution < -0.4 is 10.1 Å². The van der Waals surface area contributed by atoms with Gasteiger partial charge in [-0.25, -0.2) is 4.68 Å². The Morgan fingerprint density at radius 3 is 2.53 bits per heavy atom. The number of nitrogens with zero attached hydrogens (tertiary/aromatic N) is 3. The third-order valence-electron chi connectivity index (χ3n) is 4.30. The number of methoxy groups -OCH3 is 1. The van der Waals surface area contributed by atoms with Gasteiger partial charge in [-0.15, -0.1) is 16.7 Å². The molecule has 0 aliphatic carbocycles. The molecule has 0 bridgehead atoms. The molecule has 2 aromatic carbocycles. The van der Waals surface area contributed by atoms with Crippen molar-refractivity contribution < 1.29 is 27.4 Å². The summed E-state index contributed by atoms with van der Waals surface area (Å²) >= 11 is 5.76. The van der Waals surface area contributed by atoms with E-state index in [-0.39, 0.29) is 29.9 Å². The van der Waals surface area contributed by atoms with Crippen LogP contribution >= 0.6 is 11.6 Å². The molecule has 0 saturated carbocycles. The average molecular weight is 469 g/mol. The lowest BCUT2D eigenvalue weighted by Gasteiger charge is -2.10. The van der Waals surface area contributed by atoms with Crippen LogP contribution in [0.4, 0.5) is 18.9 Å². The Kier molecular flexibility index (Phi) is 7.37. The van der Waals surface area contributed by atoms with E-state index in [1.54, 1.807) is 31.2 Å². The Morgan fingerprint density at radius 1 is 1.19 bits per heavy atom. The van der Waals surface area contributed by atoms with Crippen molar-refractivity contribution >= 4 is 23.2 Å². The van der Waals surface area contributed by atoms with E-state index in [1.165, 1.54) is 23.9 Å². The van der Waals surface area contributed by atoms with Crippen LogP contribution in [0.25, 0.3) is 17.1 Å². The van der Waals surface area contributed by atoms with Gasteiger partial charge in [0.25, 0.3) is 0 Å². The van der Waals surface area contributed by atoms with Crippen LogP contribution in [0.15, 0.2) is 48.5 Å². The molecule has 0 radical (unpaired) electrons. The Morgan fingerprint density at radius 2 is 1.91 bits per heavy atom. The lowest BCUT2D eigenvalue weighted by molar-refractivity contribution is -0.137. The molecule has 1 atom stereocenters. The van der Waals surface area contributed by atoms with Gasteiger partial charge in [0.15, 0.2) is 5.82 Å². The van der Waals surface area contributed by atoms with Gasteiger partial charge in [-0.1, -0.05) is 12.1 Å². The summed E-state index contributed by atoms with van der Waals surface area (Å²) in [4.78, 5) is 16.0. The van der Waals surface area contributed by atoms with E-state index in [0.29, 0.717) is 18.0 Å². The number of hydrogen-bond acceptors (Lipinski definition) is 5. The molecule has 0 aliphatic rings. The number of ether oxygens (including phenoxy) is 2. The summed E-state index contributed by atoms with van der Waals surface area (Å²) in [5.41, 5.74) is 0.411. The van der Waals surface area contributed by atoms with E-state index in [4.69, 9.17) is 21.1 Å². The normalized spacial score (nSPS) is 12.4. The van der Waals surface area contributed by atoms with Crippen LogP contribution in [-0.4, -0.2) is 46.4 Å². The predicted octanol–water partition coefficient (Wildman–Crippen LogP) is 4.54. The van der Waals surface area contributed by atoms with E-state index in [0.717, 1.165) is 12.1 Å². The molecule has 1 unspecified atom stereocenters. The molecular formula is C21H20ClF3N4O3. The van der Waals surface area contributed by atoms with Gasteiger partial charge in [-0.05, 0) is 43.3 Å². The van der Waals surface area contributed by atoms with Gasteiger partial charge in [0, 0.05) is 18.4 Å². The van der Waals surface area contributed by atoms with Crippen LogP contribution in [0.3, 0.4) is 0 Å². The van der Waals surface area contributed by atoms with Gasteiger partial charge in [0.2, 0.25) is 5.91 Å². The second-order valence-electron chi connectivity index (χ2n) is 6.70. The highest BCUT2D eigenvalue weighted by atomic mass is 35.5. The Bertz CT molecular complexity index is 1070. The van der Waals surface area contributed by atoms with E-state index >= 15 is 0 Å². The summed E-state index contributed by atoms with van der Waals surface area (Å²) in [5.74, 6) is -0.201. The number of carbonyl (C=O) groups is 1. The molecule has 3 aromatic rings. The topological polar surface area (TPSA) is 78.3 Å². The first kappa shape index (κ1) is 23.6. The van der Waals surface area contributed by atoms with Crippen molar-refractivity contribution in [2.75, 3.05) is 25.6 Å². The molecule has 32 heavy (non-hydrogen) atoms. The number of halogens is 4. The third kappa shape index (κ3) is 5.77. The number of rotatable bonds is 8. The van der Waals surface area contributed by atoms with Gasteiger partial charge < -0.3 is 14.8 Å². The predicted molar refractivity (Wildman–Crippen MR) is 113 cm³/mol. The summed E-state index contributed by atoms with van der Waals surface area (Å²) in [5, 5.41) is 6.22. The zero-order chi connectivity index (χ0) is 23.3. The zero-order valence-corrected chi connectivity index (χ0v) is 17.9. The summed E-state index contributed by atoms with van der Waals surface area (Å²) < 4.78 is 51.3. The van der Waals surface area contributed by atoms with Crippen molar-refractivity contribution in [3.8, 4) is 23.1 Å². The largest absolute Gasteiger partial charge is 0.460 e. The highest BCUT2D eigenvalue weighted by Crippen LogP contribution is 2.33. The van der Waals surface area contributed by atoms with Gasteiger partial charge in [-0.2, -0.15) is 18.2 Å². The first-order valence-electron chi connectivity index (χ1n) is 9.51. The first-order valence-corrected chi connectivity index (χ1v) is 9.94. The number of benzene rings is 2. The summed E-state index contributed by atoms with van der Waals surface area (Å²) in [7, 11) is 1.51. The molecule has 0 spiro atoms. The Hall–Kier alpha value is -3.11. The second kappa shape index (κ2) is 10.0. The fourth-order valence-electron chi connectivity index (χ4n) is 2.70. The number of nitrogens with one attached hydrogen (secondary N) is 1. The highest BCUT2D eigenvalue weighted by molar-refractivity contribution is 6.32. The van der Waals surface area contributed by atoms with Crippen LogP contribution in [0.1, 0.15) is 12.5 Å². The molecule has 170 valence electrons. The molecule has 0 aliphatic heterocycles.